The predicted octanol–water partition coefficient (Wildman–Crippen LogP) is 8.57. The van der Waals surface area contributed by atoms with Gasteiger partial charge in [0.1, 0.15) is 11.5 Å². The smallest absolute Gasteiger partial charge is 0.314 e. The molecule has 0 atom stereocenters. The Labute approximate surface area is 259 Å². The molecular weight excluding hydrogens is 544 g/mol. The third kappa shape index (κ3) is 4.25. The Kier molecular flexibility index (Phi) is 6.70. The standard InChI is InChI=1S/C40H38O4/c1-25-18-20-26(21-19-25)24-40-31-16-8-6-14-29(31)35(30-15-7-9-17-32(30)40)36-33(43-38(41)27-10-2-3-11-27)22-23-34(37(36)40)44-39(42)28-12-4-5-13-28/h6-9,14-23,27-28,35H,2-5,10-13,24H2,1H3. The summed E-state index contributed by atoms with van der Waals surface area (Å²) < 4.78 is 12.8. The van der Waals surface area contributed by atoms with E-state index in [1.165, 1.54) is 33.4 Å². The lowest BCUT2D eigenvalue weighted by molar-refractivity contribution is -0.139. The zero-order valence-corrected chi connectivity index (χ0v) is 25.3. The third-order valence-corrected chi connectivity index (χ3v) is 10.7. The average Bonchev–Trinajstić information content (AvgIpc) is 3.79. The van der Waals surface area contributed by atoms with Crippen molar-refractivity contribution in [2.75, 3.05) is 0 Å². The van der Waals surface area contributed by atoms with Gasteiger partial charge in [-0.1, -0.05) is 104 Å². The first kappa shape index (κ1) is 27.4. The van der Waals surface area contributed by atoms with Gasteiger partial charge in [-0.15, -0.1) is 0 Å². The number of carbonyl (C=O) groups excluding carboxylic acids is 2. The molecule has 5 aliphatic carbocycles. The van der Waals surface area contributed by atoms with E-state index < -0.39 is 5.41 Å². The maximum atomic E-state index is 13.6. The van der Waals surface area contributed by atoms with Crippen LogP contribution in [-0.2, 0) is 21.4 Å². The second kappa shape index (κ2) is 10.8. The number of aryl methyl sites for hydroxylation is 1. The lowest BCUT2D eigenvalue weighted by Crippen LogP contribution is -2.44. The summed E-state index contributed by atoms with van der Waals surface area (Å²) in [5, 5.41) is 0. The quantitative estimate of drug-likeness (QED) is 0.169. The van der Waals surface area contributed by atoms with Crippen molar-refractivity contribution in [1.29, 1.82) is 0 Å². The largest absolute Gasteiger partial charge is 0.426 e. The molecule has 2 saturated carbocycles. The molecule has 0 aromatic heterocycles. The lowest BCUT2D eigenvalue weighted by atomic mass is 9.51. The number of ether oxygens (including phenoxy) is 2. The van der Waals surface area contributed by atoms with Crippen LogP contribution in [0.1, 0.15) is 102 Å². The van der Waals surface area contributed by atoms with Crippen molar-refractivity contribution < 1.29 is 19.1 Å². The fourth-order valence-electron chi connectivity index (χ4n) is 8.65. The highest BCUT2D eigenvalue weighted by molar-refractivity contribution is 5.83. The summed E-state index contributed by atoms with van der Waals surface area (Å²) in [6.45, 7) is 2.11. The Morgan fingerprint density at radius 3 is 1.73 bits per heavy atom. The first-order valence-corrected chi connectivity index (χ1v) is 16.4. The fraction of sp³-hybridized carbons (Fsp3) is 0.350. The summed E-state index contributed by atoms with van der Waals surface area (Å²) in [7, 11) is 0. The van der Waals surface area contributed by atoms with E-state index in [-0.39, 0.29) is 29.7 Å². The van der Waals surface area contributed by atoms with Gasteiger partial charge in [-0.2, -0.15) is 0 Å². The van der Waals surface area contributed by atoms with Crippen LogP contribution < -0.4 is 9.47 Å². The van der Waals surface area contributed by atoms with Crippen LogP contribution in [0.4, 0.5) is 0 Å². The van der Waals surface area contributed by atoms with Gasteiger partial charge in [-0.25, -0.2) is 0 Å². The number of carbonyl (C=O) groups is 2. The number of rotatable bonds is 6. The summed E-state index contributed by atoms with van der Waals surface area (Å²) >= 11 is 0. The van der Waals surface area contributed by atoms with Gasteiger partial charge in [-0.3, -0.25) is 9.59 Å². The molecule has 0 aliphatic heterocycles. The van der Waals surface area contributed by atoms with Crippen LogP contribution in [-0.4, -0.2) is 11.9 Å². The minimum Gasteiger partial charge on any atom is -0.426 e. The molecule has 222 valence electrons. The van der Waals surface area contributed by atoms with E-state index in [0.29, 0.717) is 17.9 Å². The van der Waals surface area contributed by atoms with Gasteiger partial charge >= 0.3 is 11.9 Å². The van der Waals surface area contributed by atoms with Crippen LogP contribution in [0.15, 0.2) is 84.9 Å². The topological polar surface area (TPSA) is 52.6 Å². The van der Waals surface area contributed by atoms with Gasteiger partial charge in [-0.05, 0) is 79.0 Å². The second-order valence-corrected chi connectivity index (χ2v) is 13.3. The molecule has 4 heteroatoms. The molecule has 0 unspecified atom stereocenters. The highest BCUT2D eigenvalue weighted by atomic mass is 16.5. The molecule has 2 fully saturated rings. The van der Waals surface area contributed by atoms with E-state index in [0.717, 1.165) is 62.5 Å². The summed E-state index contributed by atoms with van der Waals surface area (Å²) in [5.41, 5.74) is 8.64. The van der Waals surface area contributed by atoms with Crippen molar-refractivity contribution in [3.63, 3.8) is 0 Å². The molecule has 0 heterocycles. The van der Waals surface area contributed by atoms with Gasteiger partial charge in [0.25, 0.3) is 0 Å². The predicted molar refractivity (Wildman–Crippen MR) is 170 cm³/mol. The van der Waals surface area contributed by atoms with Crippen LogP contribution in [0, 0.1) is 18.8 Å². The highest BCUT2D eigenvalue weighted by Gasteiger charge is 2.54. The van der Waals surface area contributed by atoms with E-state index in [2.05, 4.69) is 79.7 Å². The minimum atomic E-state index is -0.631. The molecule has 0 saturated heterocycles. The number of esters is 2. The molecule has 0 radical (unpaired) electrons. The summed E-state index contributed by atoms with van der Waals surface area (Å²) in [6, 6.07) is 29.9. The first-order valence-electron chi connectivity index (χ1n) is 16.4. The van der Waals surface area contributed by atoms with Gasteiger partial charge in [0, 0.05) is 17.0 Å². The average molecular weight is 583 g/mol. The lowest BCUT2D eigenvalue weighted by Gasteiger charge is -2.51. The summed E-state index contributed by atoms with van der Waals surface area (Å²) in [5.74, 6) is 0.642. The first-order chi connectivity index (χ1) is 21.5. The zero-order valence-electron chi connectivity index (χ0n) is 25.3. The third-order valence-electron chi connectivity index (χ3n) is 10.7. The fourth-order valence-corrected chi connectivity index (χ4v) is 8.65. The van der Waals surface area contributed by atoms with E-state index in [1.807, 2.05) is 12.1 Å². The molecule has 0 amide bonds. The zero-order chi connectivity index (χ0) is 29.8. The Balaban J connectivity index is 1.38. The Morgan fingerprint density at radius 1 is 0.659 bits per heavy atom. The maximum absolute atomic E-state index is 13.6. The van der Waals surface area contributed by atoms with Crippen molar-refractivity contribution in [2.45, 2.75) is 76.0 Å². The minimum absolute atomic E-state index is 0.0626. The van der Waals surface area contributed by atoms with Gasteiger partial charge in [0.05, 0.1) is 17.3 Å². The van der Waals surface area contributed by atoms with Crippen LogP contribution in [0.5, 0.6) is 11.5 Å². The highest BCUT2D eigenvalue weighted by Crippen LogP contribution is 2.64. The molecular formula is C40H38O4. The number of hydrogen-bond donors (Lipinski definition) is 0. The normalized spacial score (nSPS) is 21.9. The molecule has 4 aromatic rings. The molecule has 5 aliphatic rings. The Hall–Kier alpha value is -4.18. The Morgan fingerprint density at radius 2 is 1.16 bits per heavy atom. The molecule has 2 bridgehead atoms. The van der Waals surface area contributed by atoms with Crippen LogP contribution in [0.2, 0.25) is 0 Å². The van der Waals surface area contributed by atoms with Crippen molar-refractivity contribution in [2.24, 2.45) is 11.8 Å². The molecule has 9 rings (SSSR count). The van der Waals surface area contributed by atoms with Crippen molar-refractivity contribution >= 4 is 11.9 Å². The number of hydrogen-bond acceptors (Lipinski definition) is 4. The Bertz CT molecular complexity index is 1710. The van der Waals surface area contributed by atoms with E-state index in [1.54, 1.807) is 0 Å². The molecule has 4 nitrogen and oxygen atoms in total. The summed E-state index contributed by atoms with van der Waals surface area (Å²) in [6.07, 6.45) is 8.46. The molecule has 44 heavy (non-hydrogen) atoms. The van der Waals surface area contributed by atoms with Crippen molar-refractivity contribution in [3.05, 3.63) is 129 Å². The van der Waals surface area contributed by atoms with Crippen molar-refractivity contribution in [3.8, 4) is 11.5 Å². The second-order valence-electron chi connectivity index (χ2n) is 13.3. The van der Waals surface area contributed by atoms with Gasteiger partial charge < -0.3 is 9.47 Å². The van der Waals surface area contributed by atoms with E-state index in [4.69, 9.17) is 9.47 Å². The SMILES string of the molecule is Cc1ccc(CC23c4ccccc4C(c4ccccc42)c2c(OC(=O)C4CCCC4)ccc(OC(=O)C4CCCC4)c23)cc1. The molecule has 4 aromatic carbocycles. The van der Waals surface area contributed by atoms with Crippen LogP contribution >= 0.6 is 0 Å². The van der Waals surface area contributed by atoms with Gasteiger partial charge in [0.15, 0.2) is 0 Å². The van der Waals surface area contributed by atoms with Crippen LogP contribution in [0.25, 0.3) is 0 Å². The van der Waals surface area contributed by atoms with Crippen LogP contribution in [0.3, 0.4) is 0 Å². The summed E-state index contributed by atoms with van der Waals surface area (Å²) in [4.78, 5) is 27.2. The van der Waals surface area contributed by atoms with E-state index in [9.17, 15) is 9.59 Å². The number of benzene rings is 4. The monoisotopic (exact) mass is 582 g/mol. The molecule has 0 spiro atoms. The van der Waals surface area contributed by atoms with Gasteiger partial charge in [0.2, 0.25) is 0 Å². The van der Waals surface area contributed by atoms with E-state index >= 15 is 0 Å². The van der Waals surface area contributed by atoms with Crippen molar-refractivity contribution in [1.82, 2.24) is 0 Å². The molecule has 0 N–H and O–H groups in total. The maximum Gasteiger partial charge on any atom is 0.314 e.